The van der Waals surface area contributed by atoms with Crippen molar-refractivity contribution >= 4 is 5.70 Å². The molecule has 4 rings (SSSR count). The average Bonchev–Trinajstić information content (AvgIpc) is 3.64. The molecule has 0 radical (unpaired) electrons. The molecule has 0 aliphatic heterocycles. The van der Waals surface area contributed by atoms with Crippen LogP contribution in [0.4, 0.5) is 26.3 Å². The first kappa shape index (κ1) is 22.7. The van der Waals surface area contributed by atoms with Gasteiger partial charge in [0, 0.05) is 5.56 Å². The Kier molecular flexibility index (Phi) is 6.60. The van der Waals surface area contributed by atoms with Crippen molar-refractivity contribution in [2.45, 2.75) is 26.1 Å². The molecule has 172 valence electrons. The Balaban J connectivity index is 1.54. The van der Waals surface area contributed by atoms with E-state index in [2.05, 4.69) is 10.2 Å². The van der Waals surface area contributed by atoms with Gasteiger partial charge in [-0.3, -0.25) is 10.3 Å². The minimum absolute atomic E-state index is 0.0332. The van der Waals surface area contributed by atoms with Crippen LogP contribution in [-0.2, 0) is 11.4 Å². The molecule has 0 saturated heterocycles. The fourth-order valence-corrected chi connectivity index (χ4v) is 3.30. The molecule has 0 atom stereocenters. The number of rotatable bonds is 8. The molecule has 0 heterocycles. The van der Waals surface area contributed by atoms with E-state index in [1.54, 1.807) is 6.07 Å². The number of halogens is 6. The van der Waals surface area contributed by atoms with E-state index in [9.17, 15) is 26.3 Å². The summed E-state index contributed by atoms with van der Waals surface area (Å²) in [6.45, 7) is -3.70. The van der Waals surface area contributed by atoms with Crippen LogP contribution in [0.3, 0.4) is 0 Å². The Hall–Kier alpha value is -3.46. The minimum atomic E-state index is -2.96. The molecular weight excluding hydrogens is 448 g/mol. The third-order valence-electron chi connectivity index (χ3n) is 5.03. The van der Waals surface area contributed by atoms with Crippen LogP contribution < -0.4 is 10.2 Å². The Morgan fingerprint density at radius 2 is 1.48 bits per heavy atom. The van der Waals surface area contributed by atoms with Gasteiger partial charge in [0.05, 0.1) is 16.8 Å². The minimum Gasteiger partial charge on any atom is -0.435 e. The zero-order chi connectivity index (χ0) is 23.5. The molecule has 3 aromatic rings. The lowest BCUT2D eigenvalue weighted by Gasteiger charge is -2.15. The predicted octanol–water partition coefficient (Wildman–Crippen LogP) is 6.74. The van der Waals surface area contributed by atoms with Crippen molar-refractivity contribution in [1.82, 2.24) is 5.48 Å². The number of hydroxylamine groups is 1. The van der Waals surface area contributed by atoms with Gasteiger partial charge >= 0.3 is 6.61 Å². The molecule has 0 unspecified atom stereocenters. The third-order valence-corrected chi connectivity index (χ3v) is 5.03. The van der Waals surface area contributed by atoms with Gasteiger partial charge in [0.25, 0.3) is 0 Å². The molecule has 3 aromatic carbocycles. The second-order valence-corrected chi connectivity index (χ2v) is 7.25. The summed E-state index contributed by atoms with van der Waals surface area (Å²) < 4.78 is 86.8. The molecule has 0 aromatic heterocycles. The molecular formula is C24H17F6NO2. The van der Waals surface area contributed by atoms with E-state index in [-0.39, 0.29) is 11.3 Å². The van der Waals surface area contributed by atoms with Crippen molar-refractivity contribution in [3.05, 3.63) is 94.6 Å². The zero-order valence-corrected chi connectivity index (χ0v) is 17.0. The summed E-state index contributed by atoms with van der Waals surface area (Å²) in [6, 6.07) is 13.1. The number of nitrogens with one attached hydrogen (secondary N) is 1. The Bertz CT molecular complexity index is 1170. The van der Waals surface area contributed by atoms with Crippen LogP contribution in [0.1, 0.15) is 24.0 Å². The van der Waals surface area contributed by atoms with Gasteiger partial charge < -0.3 is 4.74 Å². The highest BCUT2D eigenvalue weighted by Gasteiger charge is 2.27. The fraction of sp³-hybridized carbons (Fsp3) is 0.167. The van der Waals surface area contributed by atoms with E-state index in [1.165, 1.54) is 48.5 Å². The summed E-state index contributed by atoms with van der Waals surface area (Å²) in [7, 11) is 0. The van der Waals surface area contributed by atoms with E-state index in [4.69, 9.17) is 4.84 Å². The van der Waals surface area contributed by atoms with Crippen LogP contribution in [-0.4, -0.2) is 6.61 Å². The standard InChI is InChI=1S/C24H17F6NO2/c25-19-17(20(26)22(28)21(27)18(19)13-4-2-1-3-5-13)12-32-31-23(14-6-7-14)15-8-10-16(11-9-15)33-24(29)30/h1-5,8-11,24,31H,6-7,12H2. The van der Waals surface area contributed by atoms with Gasteiger partial charge in [0.15, 0.2) is 17.5 Å². The van der Waals surface area contributed by atoms with Gasteiger partial charge in [-0.25, -0.2) is 17.6 Å². The monoisotopic (exact) mass is 465 g/mol. The fourth-order valence-electron chi connectivity index (χ4n) is 3.30. The van der Waals surface area contributed by atoms with Gasteiger partial charge in [-0.05, 0) is 48.2 Å². The normalized spacial score (nSPS) is 12.8. The van der Waals surface area contributed by atoms with Crippen molar-refractivity contribution in [2.75, 3.05) is 0 Å². The lowest BCUT2D eigenvalue weighted by molar-refractivity contribution is -0.0498. The van der Waals surface area contributed by atoms with Gasteiger partial charge in [-0.2, -0.15) is 8.78 Å². The third kappa shape index (κ3) is 4.98. The molecule has 1 fully saturated rings. The van der Waals surface area contributed by atoms with Gasteiger partial charge in [0.1, 0.15) is 18.2 Å². The molecule has 1 saturated carbocycles. The second kappa shape index (κ2) is 9.58. The molecule has 33 heavy (non-hydrogen) atoms. The lowest BCUT2D eigenvalue weighted by atomic mass is 10.0. The van der Waals surface area contributed by atoms with Crippen molar-refractivity contribution in [3.8, 4) is 16.9 Å². The first-order valence-electron chi connectivity index (χ1n) is 9.92. The lowest BCUT2D eigenvalue weighted by Crippen LogP contribution is -2.16. The van der Waals surface area contributed by atoms with Gasteiger partial charge in [-0.15, -0.1) is 0 Å². The molecule has 3 nitrogen and oxygen atoms in total. The molecule has 0 amide bonds. The van der Waals surface area contributed by atoms with Crippen molar-refractivity contribution in [2.24, 2.45) is 0 Å². The Morgan fingerprint density at radius 3 is 2.09 bits per heavy atom. The molecule has 1 N–H and O–H groups in total. The zero-order valence-electron chi connectivity index (χ0n) is 17.0. The smallest absolute Gasteiger partial charge is 0.387 e. The van der Waals surface area contributed by atoms with Gasteiger partial charge in [-0.1, -0.05) is 30.3 Å². The van der Waals surface area contributed by atoms with Crippen molar-refractivity contribution in [1.29, 1.82) is 0 Å². The molecule has 1 aliphatic carbocycles. The number of benzene rings is 3. The van der Waals surface area contributed by atoms with Crippen LogP contribution in [0.15, 0.2) is 60.2 Å². The van der Waals surface area contributed by atoms with E-state index in [0.29, 0.717) is 11.3 Å². The van der Waals surface area contributed by atoms with Crippen LogP contribution in [0.5, 0.6) is 5.75 Å². The first-order valence-corrected chi connectivity index (χ1v) is 9.92. The van der Waals surface area contributed by atoms with Crippen molar-refractivity contribution < 1.29 is 35.9 Å². The van der Waals surface area contributed by atoms with Crippen LogP contribution in [0.2, 0.25) is 0 Å². The maximum atomic E-state index is 15.0. The molecule has 9 heteroatoms. The number of alkyl halides is 2. The van der Waals surface area contributed by atoms with Crippen molar-refractivity contribution in [3.63, 3.8) is 0 Å². The van der Waals surface area contributed by atoms with E-state index in [0.717, 1.165) is 18.4 Å². The first-order chi connectivity index (χ1) is 15.9. The molecule has 1 aliphatic rings. The van der Waals surface area contributed by atoms with E-state index in [1.807, 2.05) is 0 Å². The Labute approximate surface area is 185 Å². The summed E-state index contributed by atoms with van der Waals surface area (Å²) in [5.74, 6) is -6.41. The average molecular weight is 465 g/mol. The second-order valence-electron chi connectivity index (χ2n) is 7.25. The van der Waals surface area contributed by atoms with E-state index >= 15 is 0 Å². The van der Waals surface area contributed by atoms with E-state index < -0.39 is 47.6 Å². The summed E-state index contributed by atoms with van der Waals surface area (Å²) in [6.07, 6.45) is 1.49. The predicted molar refractivity (Wildman–Crippen MR) is 109 cm³/mol. The summed E-state index contributed by atoms with van der Waals surface area (Å²) in [5.41, 5.74) is 3.18. The topological polar surface area (TPSA) is 30.5 Å². The highest BCUT2D eigenvalue weighted by atomic mass is 19.3. The summed E-state index contributed by atoms with van der Waals surface area (Å²) in [4.78, 5) is 5.25. The maximum Gasteiger partial charge on any atom is 0.387 e. The van der Waals surface area contributed by atoms with Crippen LogP contribution in [0, 0.1) is 23.3 Å². The van der Waals surface area contributed by atoms with Gasteiger partial charge in [0.2, 0.25) is 0 Å². The molecule has 0 spiro atoms. The molecule has 0 bridgehead atoms. The van der Waals surface area contributed by atoms with Crippen LogP contribution >= 0.6 is 0 Å². The highest BCUT2D eigenvalue weighted by molar-refractivity contribution is 5.70. The number of ether oxygens (including phenoxy) is 1. The quantitative estimate of drug-likeness (QED) is 0.173. The number of hydrogen-bond donors (Lipinski definition) is 1. The SMILES string of the molecule is Fc1c(F)c(CONC(=C2CC2)c2ccc(OC(F)F)cc2)c(F)c(-c2ccccc2)c1F. The largest absolute Gasteiger partial charge is 0.435 e. The number of hydrogen-bond acceptors (Lipinski definition) is 3. The maximum absolute atomic E-state index is 15.0. The summed E-state index contributed by atoms with van der Waals surface area (Å²) >= 11 is 0. The highest BCUT2D eigenvalue weighted by Crippen LogP contribution is 2.36. The number of allylic oxidation sites excluding steroid dienone is 1. The Morgan fingerprint density at radius 1 is 0.818 bits per heavy atom. The van der Waals surface area contributed by atoms with Crippen LogP contribution in [0.25, 0.3) is 16.8 Å². The summed E-state index contributed by atoms with van der Waals surface area (Å²) in [5, 5.41) is 0.